The number of amides is 1. The van der Waals surface area contributed by atoms with E-state index in [1.807, 2.05) is 0 Å². The number of nitrogens with zero attached hydrogens (tertiary/aromatic N) is 2. The van der Waals surface area contributed by atoms with Crippen LogP contribution in [0.25, 0.3) is 0 Å². The third kappa shape index (κ3) is 4.64. The molecule has 0 bridgehead atoms. The summed E-state index contributed by atoms with van der Waals surface area (Å²) in [4.78, 5) is 20.0. The summed E-state index contributed by atoms with van der Waals surface area (Å²) in [6, 6.07) is 8.36. The summed E-state index contributed by atoms with van der Waals surface area (Å²) in [6.07, 6.45) is -1.83. The van der Waals surface area contributed by atoms with E-state index in [4.69, 9.17) is 20.9 Å². The second-order valence-electron chi connectivity index (χ2n) is 7.62. The van der Waals surface area contributed by atoms with E-state index in [-0.39, 0.29) is 30.1 Å². The molecule has 0 radical (unpaired) electrons. The van der Waals surface area contributed by atoms with Crippen molar-refractivity contribution in [1.29, 1.82) is 0 Å². The number of carbonyl (C=O) groups excluding carboxylic acids is 1. The van der Waals surface area contributed by atoms with Gasteiger partial charge in [0.2, 0.25) is 5.91 Å². The summed E-state index contributed by atoms with van der Waals surface area (Å²) in [7, 11) is 0. The van der Waals surface area contributed by atoms with E-state index in [1.165, 1.54) is 6.07 Å². The Morgan fingerprint density at radius 2 is 2.03 bits per heavy atom. The molecule has 1 atom stereocenters. The number of benzene rings is 1. The van der Waals surface area contributed by atoms with Gasteiger partial charge in [0.05, 0.1) is 12.1 Å². The standard InChI is InChI=1S/C21H20ClF3N2O3/c22-19-8-7-18(29-19)17-10-16(30-26-17)12-27(20(28)14-4-2-5-14)11-13-3-1-6-15(9-13)21(23,24)25/h1,3,6-9,14,16H,2,4-5,10-12H2. The highest BCUT2D eigenvalue weighted by molar-refractivity contribution is 6.29. The normalized spacial score (nSPS) is 19.2. The van der Waals surface area contributed by atoms with Gasteiger partial charge in [-0.05, 0) is 54.3 Å². The summed E-state index contributed by atoms with van der Waals surface area (Å²) < 4.78 is 44.5. The van der Waals surface area contributed by atoms with E-state index >= 15 is 0 Å². The maximum Gasteiger partial charge on any atom is 0.416 e. The lowest BCUT2D eigenvalue weighted by molar-refractivity contribution is -0.140. The fourth-order valence-corrected chi connectivity index (χ4v) is 3.75. The van der Waals surface area contributed by atoms with E-state index in [0.29, 0.717) is 23.5 Å². The lowest BCUT2D eigenvalue weighted by Crippen LogP contribution is -2.42. The highest BCUT2D eigenvalue weighted by Gasteiger charge is 2.34. The Kier molecular flexibility index (Phi) is 5.77. The molecule has 1 aliphatic heterocycles. The number of rotatable bonds is 6. The van der Waals surface area contributed by atoms with E-state index in [1.54, 1.807) is 23.1 Å². The van der Waals surface area contributed by atoms with Crippen LogP contribution in [0.5, 0.6) is 0 Å². The molecule has 1 fully saturated rings. The highest BCUT2D eigenvalue weighted by Crippen LogP contribution is 2.32. The van der Waals surface area contributed by atoms with E-state index in [2.05, 4.69) is 5.16 Å². The first-order valence-electron chi connectivity index (χ1n) is 9.73. The Labute approximate surface area is 176 Å². The topological polar surface area (TPSA) is 55.0 Å². The fraction of sp³-hybridized carbons (Fsp3) is 0.429. The molecule has 1 aromatic heterocycles. The number of carbonyl (C=O) groups is 1. The number of alkyl halides is 3. The van der Waals surface area contributed by atoms with Crippen LogP contribution in [0.15, 0.2) is 46.0 Å². The Morgan fingerprint density at radius 1 is 1.23 bits per heavy atom. The van der Waals surface area contributed by atoms with Gasteiger partial charge < -0.3 is 14.2 Å². The largest absolute Gasteiger partial charge is 0.443 e. The van der Waals surface area contributed by atoms with E-state index < -0.39 is 17.8 Å². The molecule has 1 aliphatic carbocycles. The SMILES string of the molecule is O=C(C1CCC1)N(Cc1cccc(C(F)(F)F)c1)CC1CC(c2ccc(Cl)o2)=NO1. The number of hydrogen-bond donors (Lipinski definition) is 0. The predicted octanol–water partition coefficient (Wildman–Crippen LogP) is 5.27. The number of furan rings is 1. The van der Waals surface area contributed by atoms with Gasteiger partial charge in [0.25, 0.3) is 0 Å². The van der Waals surface area contributed by atoms with Gasteiger partial charge in [0.1, 0.15) is 5.71 Å². The van der Waals surface area contributed by atoms with Crippen molar-refractivity contribution in [2.45, 2.75) is 44.5 Å². The van der Waals surface area contributed by atoms with Gasteiger partial charge in [-0.2, -0.15) is 13.2 Å². The molecule has 9 heteroatoms. The van der Waals surface area contributed by atoms with Crippen LogP contribution in [-0.2, 0) is 22.4 Å². The van der Waals surface area contributed by atoms with Gasteiger partial charge in [-0.3, -0.25) is 4.79 Å². The Balaban J connectivity index is 1.46. The Hall–Kier alpha value is -2.48. The van der Waals surface area contributed by atoms with Crippen molar-refractivity contribution in [2.75, 3.05) is 6.54 Å². The minimum absolute atomic E-state index is 0.0586. The van der Waals surface area contributed by atoms with Crippen LogP contribution in [0.4, 0.5) is 13.2 Å². The molecule has 30 heavy (non-hydrogen) atoms. The van der Waals surface area contributed by atoms with Crippen molar-refractivity contribution in [3.05, 3.63) is 58.5 Å². The van der Waals surface area contributed by atoms with Gasteiger partial charge in [-0.1, -0.05) is 23.7 Å². The van der Waals surface area contributed by atoms with Crippen molar-refractivity contribution in [3.8, 4) is 0 Å². The molecule has 1 saturated carbocycles. The summed E-state index contributed by atoms with van der Waals surface area (Å²) in [5, 5.41) is 4.26. The second-order valence-corrected chi connectivity index (χ2v) is 7.99. The minimum atomic E-state index is -4.43. The van der Waals surface area contributed by atoms with Gasteiger partial charge in [0.15, 0.2) is 17.1 Å². The van der Waals surface area contributed by atoms with Crippen LogP contribution in [0.2, 0.25) is 5.22 Å². The Bertz CT molecular complexity index is 953. The summed E-state index contributed by atoms with van der Waals surface area (Å²) in [5.74, 6) is 0.357. The average molecular weight is 441 g/mol. The van der Waals surface area contributed by atoms with Gasteiger partial charge >= 0.3 is 6.18 Å². The first-order valence-corrected chi connectivity index (χ1v) is 10.1. The third-order valence-electron chi connectivity index (χ3n) is 5.41. The summed E-state index contributed by atoms with van der Waals surface area (Å²) in [6.45, 7) is 0.314. The zero-order chi connectivity index (χ0) is 21.3. The van der Waals surface area contributed by atoms with E-state index in [9.17, 15) is 18.0 Å². The molecule has 5 nitrogen and oxygen atoms in total. The molecule has 2 aliphatic rings. The van der Waals surface area contributed by atoms with Crippen molar-refractivity contribution in [2.24, 2.45) is 11.1 Å². The molecule has 1 amide bonds. The molecule has 4 rings (SSSR count). The van der Waals surface area contributed by atoms with Gasteiger partial charge in [0, 0.05) is 18.9 Å². The highest BCUT2D eigenvalue weighted by atomic mass is 35.5. The number of hydrogen-bond acceptors (Lipinski definition) is 4. The second kappa shape index (κ2) is 8.34. The van der Waals surface area contributed by atoms with Crippen LogP contribution < -0.4 is 0 Å². The third-order valence-corrected chi connectivity index (χ3v) is 5.61. The molecule has 2 heterocycles. The molecule has 1 unspecified atom stereocenters. The van der Waals surface area contributed by atoms with Crippen LogP contribution >= 0.6 is 11.6 Å². The molecule has 1 aromatic carbocycles. The van der Waals surface area contributed by atoms with Gasteiger partial charge in [-0.25, -0.2) is 0 Å². The molecular formula is C21H20ClF3N2O3. The van der Waals surface area contributed by atoms with Crippen LogP contribution in [0.3, 0.4) is 0 Å². The first-order chi connectivity index (χ1) is 14.3. The molecule has 2 aromatic rings. The van der Waals surface area contributed by atoms with Crippen LogP contribution in [0, 0.1) is 5.92 Å². The predicted molar refractivity (Wildman–Crippen MR) is 104 cm³/mol. The van der Waals surface area contributed by atoms with Crippen molar-refractivity contribution < 1.29 is 27.2 Å². The zero-order valence-electron chi connectivity index (χ0n) is 16.0. The molecular weight excluding hydrogens is 421 g/mol. The monoisotopic (exact) mass is 440 g/mol. The number of oxime groups is 1. The lowest BCUT2D eigenvalue weighted by Gasteiger charge is -2.32. The van der Waals surface area contributed by atoms with Crippen molar-refractivity contribution >= 4 is 23.2 Å². The first kappa shape index (κ1) is 20.8. The van der Waals surface area contributed by atoms with Crippen molar-refractivity contribution in [3.63, 3.8) is 0 Å². The average Bonchev–Trinajstić information content (AvgIpc) is 3.28. The van der Waals surface area contributed by atoms with Crippen LogP contribution in [0.1, 0.15) is 42.6 Å². The molecule has 0 spiro atoms. The molecule has 0 saturated heterocycles. The lowest BCUT2D eigenvalue weighted by atomic mass is 9.84. The molecule has 160 valence electrons. The maximum atomic E-state index is 13.1. The van der Waals surface area contributed by atoms with Crippen LogP contribution in [-0.4, -0.2) is 29.2 Å². The maximum absolute atomic E-state index is 13.1. The summed E-state index contributed by atoms with van der Waals surface area (Å²) >= 11 is 5.80. The Morgan fingerprint density at radius 3 is 2.67 bits per heavy atom. The number of halogens is 4. The minimum Gasteiger partial charge on any atom is -0.443 e. The summed E-state index contributed by atoms with van der Waals surface area (Å²) in [5.41, 5.74) is 0.282. The smallest absolute Gasteiger partial charge is 0.416 e. The fourth-order valence-electron chi connectivity index (χ4n) is 3.60. The zero-order valence-corrected chi connectivity index (χ0v) is 16.7. The quantitative estimate of drug-likeness (QED) is 0.614. The van der Waals surface area contributed by atoms with E-state index in [0.717, 1.165) is 31.4 Å². The molecule has 0 N–H and O–H groups in total. The van der Waals surface area contributed by atoms with Crippen molar-refractivity contribution in [1.82, 2.24) is 4.90 Å². The van der Waals surface area contributed by atoms with Gasteiger partial charge in [-0.15, -0.1) is 0 Å².